The number of carbonyl (C=O) groups excluding carboxylic acids is 1. The molecular formula is C23H24BrNO4. The van der Waals surface area contributed by atoms with Gasteiger partial charge in [0.1, 0.15) is 30.4 Å². The molecule has 0 amide bonds. The summed E-state index contributed by atoms with van der Waals surface area (Å²) >= 11 is 0. The number of carbonyl (C=O) groups is 1. The van der Waals surface area contributed by atoms with E-state index >= 15 is 0 Å². The fourth-order valence-corrected chi connectivity index (χ4v) is 5.97. The Hall–Kier alpha value is -1.73. The van der Waals surface area contributed by atoms with E-state index in [-0.39, 0.29) is 23.1 Å². The van der Waals surface area contributed by atoms with Crippen molar-refractivity contribution in [1.29, 1.82) is 0 Å². The van der Waals surface area contributed by atoms with Crippen molar-refractivity contribution in [2.75, 3.05) is 14.1 Å². The van der Waals surface area contributed by atoms with Crippen molar-refractivity contribution >= 4 is 5.97 Å². The minimum atomic E-state index is -1.74. The van der Waals surface area contributed by atoms with Crippen molar-refractivity contribution < 1.29 is 40.8 Å². The zero-order chi connectivity index (χ0) is 19.3. The summed E-state index contributed by atoms with van der Waals surface area (Å²) in [5, 5.41) is 11.6. The summed E-state index contributed by atoms with van der Waals surface area (Å²) in [6.07, 6.45) is 2.01. The third kappa shape index (κ3) is 2.40. The van der Waals surface area contributed by atoms with Gasteiger partial charge in [0.25, 0.3) is 0 Å². The molecule has 3 heterocycles. The lowest BCUT2D eigenvalue weighted by Crippen LogP contribution is -3.00. The number of quaternary nitrogens is 1. The van der Waals surface area contributed by atoms with Crippen LogP contribution in [0.1, 0.15) is 24.0 Å². The van der Waals surface area contributed by atoms with Crippen molar-refractivity contribution in [3.8, 4) is 11.1 Å². The molecule has 152 valence electrons. The molecule has 29 heavy (non-hydrogen) atoms. The Labute approximate surface area is 180 Å². The van der Waals surface area contributed by atoms with E-state index in [0.717, 1.165) is 28.5 Å². The third-order valence-electron chi connectivity index (χ3n) is 7.53. The first-order chi connectivity index (χ1) is 13.4. The van der Waals surface area contributed by atoms with Crippen molar-refractivity contribution in [3.05, 3.63) is 59.7 Å². The molecule has 4 unspecified atom stereocenters. The minimum Gasteiger partial charge on any atom is -1.00 e. The van der Waals surface area contributed by atoms with Crippen molar-refractivity contribution in [3.63, 3.8) is 0 Å². The largest absolute Gasteiger partial charge is 1.00 e. The number of esters is 1. The highest BCUT2D eigenvalue weighted by Crippen LogP contribution is 2.53. The lowest BCUT2D eigenvalue weighted by atomic mass is 9.91. The van der Waals surface area contributed by atoms with E-state index in [9.17, 15) is 9.90 Å². The molecule has 0 radical (unpaired) electrons. The van der Waals surface area contributed by atoms with Gasteiger partial charge in [0, 0.05) is 24.0 Å². The average molecular weight is 458 g/mol. The number of halogens is 1. The van der Waals surface area contributed by atoms with Crippen LogP contribution in [0, 0.1) is 0 Å². The first kappa shape index (κ1) is 19.2. The average Bonchev–Trinajstić information content (AvgIpc) is 3.40. The van der Waals surface area contributed by atoms with Gasteiger partial charge in [-0.3, -0.25) is 0 Å². The summed E-state index contributed by atoms with van der Waals surface area (Å²) < 4.78 is 12.7. The molecule has 0 aromatic heterocycles. The summed E-state index contributed by atoms with van der Waals surface area (Å²) in [6.45, 7) is 0. The van der Waals surface area contributed by atoms with Crippen LogP contribution >= 0.6 is 0 Å². The molecule has 2 aromatic carbocycles. The molecule has 4 atom stereocenters. The molecule has 2 bridgehead atoms. The number of morpholine rings is 1. The normalized spacial score (nSPS) is 33.7. The molecular weight excluding hydrogens is 434 g/mol. The molecule has 6 heteroatoms. The molecule has 0 spiro atoms. The number of ether oxygens (including phenoxy) is 2. The number of piperidine rings is 1. The molecule has 3 aliphatic heterocycles. The van der Waals surface area contributed by atoms with Gasteiger partial charge in [0.15, 0.2) is 0 Å². The number of fused-ring (bicyclic) bond motifs is 8. The van der Waals surface area contributed by atoms with E-state index in [1.807, 2.05) is 48.5 Å². The highest BCUT2D eigenvalue weighted by atomic mass is 79.9. The standard InChI is InChI=1S/C23H24NO4.BrH/c1-24(2)18-11-13(12-19(24)21-20(18)28-21)27-22(25)23(26)16-9-5-3-7-14(16)15-8-4-6-10-17(15)23;/h3-10,13,18-21,26H,11-12H2,1-2H3;1H/q+1;/p-1. The van der Waals surface area contributed by atoms with E-state index in [1.54, 1.807) is 0 Å². The number of rotatable bonds is 2. The zero-order valence-electron chi connectivity index (χ0n) is 16.4. The second-order valence-corrected chi connectivity index (χ2v) is 9.13. The monoisotopic (exact) mass is 457 g/mol. The maximum atomic E-state index is 13.3. The Balaban J connectivity index is 0.00000181. The van der Waals surface area contributed by atoms with Crippen LogP contribution in [0.2, 0.25) is 0 Å². The van der Waals surface area contributed by atoms with Gasteiger partial charge in [-0.25, -0.2) is 4.79 Å². The lowest BCUT2D eigenvalue weighted by Gasteiger charge is -2.45. The fraction of sp³-hybridized carbons (Fsp3) is 0.435. The number of likely N-dealkylation sites (N-methyl/N-ethyl adjacent to an activating group) is 1. The van der Waals surface area contributed by atoms with E-state index < -0.39 is 11.6 Å². The minimum absolute atomic E-state index is 0. The summed E-state index contributed by atoms with van der Waals surface area (Å²) in [5.74, 6) is -0.559. The second kappa shape index (κ2) is 6.14. The molecule has 3 saturated heterocycles. The van der Waals surface area contributed by atoms with Crippen molar-refractivity contribution in [2.24, 2.45) is 0 Å². The quantitative estimate of drug-likeness (QED) is 0.364. The van der Waals surface area contributed by atoms with Gasteiger partial charge >= 0.3 is 5.97 Å². The van der Waals surface area contributed by atoms with Crippen LogP contribution in [0.25, 0.3) is 11.1 Å². The van der Waals surface area contributed by atoms with E-state index in [4.69, 9.17) is 9.47 Å². The zero-order valence-corrected chi connectivity index (χ0v) is 18.0. The molecule has 2 aromatic rings. The Morgan fingerprint density at radius 1 is 1.00 bits per heavy atom. The third-order valence-corrected chi connectivity index (χ3v) is 7.53. The van der Waals surface area contributed by atoms with Crippen LogP contribution in [-0.2, 0) is 19.9 Å². The summed E-state index contributed by atoms with van der Waals surface area (Å²) in [6, 6.07) is 15.8. The van der Waals surface area contributed by atoms with Crippen LogP contribution in [-0.4, -0.2) is 60.0 Å². The fourth-order valence-electron chi connectivity index (χ4n) is 5.97. The lowest BCUT2D eigenvalue weighted by molar-refractivity contribution is -0.938. The molecule has 1 aliphatic carbocycles. The first-order valence-electron chi connectivity index (χ1n) is 10.0. The van der Waals surface area contributed by atoms with Crippen molar-refractivity contribution in [1.82, 2.24) is 0 Å². The number of benzene rings is 2. The smallest absolute Gasteiger partial charge is 0.348 e. The van der Waals surface area contributed by atoms with Crippen molar-refractivity contribution in [2.45, 2.75) is 48.8 Å². The molecule has 5 nitrogen and oxygen atoms in total. The highest BCUT2D eigenvalue weighted by Gasteiger charge is 2.71. The SMILES string of the molecule is C[N+]1(C)C2CC(OC(=O)C3(O)c4ccccc4-c4ccccc43)CC1C1OC12.[Br-]. The Kier molecular flexibility index (Phi) is 4.07. The van der Waals surface area contributed by atoms with Gasteiger partial charge in [-0.2, -0.15) is 0 Å². The number of hydrogen-bond donors (Lipinski definition) is 1. The Morgan fingerprint density at radius 2 is 1.48 bits per heavy atom. The topological polar surface area (TPSA) is 59.1 Å². The van der Waals surface area contributed by atoms with Crippen LogP contribution in [0.15, 0.2) is 48.5 Å². The van der Waals surface area contributed by atoms with Gasteiger partial charge in [-0.1, -0.05) is 48.5 Å². The number of nitrogens with zero attached hydrogens (tertiary/aromatic N) is 1. The van der Waals surface area contributed by atoms with Gasteiger partial charge < -0.3 is 36.0 Å². The molecule has 4 aliphatic rings. The number of aliphatic hydroxyl groups is 1. The maximum Gasteiger partial charge on any atom is 0.348 e. The van der Waals surface area contributed by atoms with E-state index in [2.05, 4.69) is 14.1 Å². The van der Waals surface area contributed by atoms with E-state index in [1.165, 1.54) is 0 Å². The van der Waals surface area contributed by atoms with E-state index in [0.29, 0.717) is 35.4 Å². The Morgan fingerprint density at radius 3 is 2.00 bits per heavy atom. The van der Waals surface area contributed by atoms with Gasteiger partial charge in [-0.05, 0) is 11.1 Å². The van der Waals surface area contributed by atoms with Crippen LogP contribution in [0.5, 0.6) is 0 Å². The van der Waals surface area contributed by atoms with Crippen LogP contribution < -0.4 is 17.0 Å². The molecule has 1 N–H and O–H groups in total. The molecule has 6 rings (SSSR count). The predicted octanol–water partition coefficient (Wildman–Crippen LogP) is -0.793. The highest BCUT2D eigenvalue weighted by molar-refractivity contribution is 5.96. The second-order valence-electron chi connectivity index (χ2n) is 9.13. The van der Waals surface area contributed by atoms with Gasteiger partial charge in [-0.15, -0.1) is 0 Å². The summed E-state index contributed by atoms with van der Waals surface area (Å²) in [4.78, 5) is 13.3. The van der Waals surface area contributed by atoms with Crippen LogP contribution in [0.3, 0.4) is 0 Å². The first-order valence-corrected chi connectivity index (χ1v) is 10.0. The summed E-state index contributed by atoms with van der Waals surface area (Å²) in [7, 11) is 4.50. The maximum absolute atomic E-state index is 13.3. The predicted molar refractivity (Wildman–Crippen MR) is 102 cm³/mol. The molecule has 0 saturated carbocycles. The number of hydrogen-bond acceptors (Lipinski definition) is 4. The van der Waals surface area contributed by atoms with Gasteiger partial charge in [0.05, 0.1) is 14.1 Å². The summed E-state index contributed by atoms with van der Waals surface area (Å²) in [5.41, 5.74) is 1.28. The molecule has 3 fully saturated rings. The van der Waals surface area contributed by atoms with Gasteiger partial charge in [0.2, 0.25) is 5.60 Å². The Bertz CT molecular complexity index is 940. The number of epoxide rings is 1. The van der Waals surface area contributed by atoms with Crippen LogP contribution in [0.4, 0.5) is 0 Å².